The zero-order valence-electron chi connectivity index (χ0n) is 20.1. The van der Waals surface area contributed by atoms with Crippen LogP contribution in [0.15, 0.2) is 54.9 Å². The van der Waals surface area contributed by atoms with Crippen molar-refractivity contribution in [3.05, 3.63) is 71.5 Å². The fourth-order valence-electron chi connectivity index (χ4n) is 5.66. The molecule has 0 spiro atoms. The summed E-state index contributed by atoms with van der Waals surface area (Å²) in [6.07, 6.45) is 4.56. The lowest BCUT2D eigenvalue weighted by atomic mass is 9.83. The average molecular weight is 507 g/mol. The molecule has 3 heterocycles. The molecule has 186 valence electrons. The van der Waals surface area contributed by atoms with Crippen molar-refractivity contribution in [2.75, 3.05) is 20.8 Å². The molecule has 2 atom stereocenters. The molecule has 1 N–H and O–H groups in total. The summed E-state index contributed by atoms with van der Waals surface area (Å²) in [4.78, 5) is 19.0. The van der Waals surface area contributed by atoms with Crippen molar-refractivity contribution in [3.63, 3.8) is 0 Å². The number of hydrogen-bond donors (Lipinski definition) is 1. The molecule has 36 heavy (non-hydrogen) atoms. The van der Waals surface area contributed by atoms with Gasteiger partial charge in [0.2, 0.25) is 0 Å². The van der Waals surface area contributed by atoms with E-state index in [1.165, 1.54) is 6.20 Å². The summed E-state index contributed by atoms with van der Waals surface area (Å²) in [6, 6.07) is 13.0. The molecule has 0 unspecified atom stereocenters. The molecule has 2 aliphatic heterocycles. The van der Waals surface area contributed by atoms with E-state index in [9.17, 15) is 9.90 Å². The quantitative estimate of drug-likeness (QED) is 0.235. The number of carbonyl (C=O) groups excluding carboxylic acids is 1. The number of aliphatic hydroxyl groups is 1. The Morgan fingerprint density at radius 2 is 1.78 bits per heavy atom. The van der Waals surface area contributed by atoms with Crippen LogP contribution in [-0.4, -0.2) is 47.8 Å². The molecule has 6 rings (SSSR count). The molecule has 0 radical (unpaired) electrons. The molecular weight excluding hydrogens is 480 g/mol. The van der Waals surface area contributed by atoms with Gasteiger partial charge in [0.1, 0.15) is 5.75 Å². The minimum Gasteiger partial charge on any atom is -0.493 e. The van der Waals surface area contributed by atoms with E-state index in [2.05, 4.69) is 9.88 Å². The summed E-state index contributed by atoms with van der Waals surface area (Å²) in [7, 11) is 3.24. The molecule has 4 aromatic rings. The van der Waals surface area contributed by atoms with Crippen LogP contribution in [-0.2, 0) is 6.54 Å². The molecule has 0 aliphatic carbocycles. The molecule has 8 heteroatoms. The van der Waals surface area contributed by atoms with E-state index in [-0.39, 0.29) is 18.4 Å². The number of benzene rings is 3. The second-order valence-corrected chi connectivity index (χ2v) is 9.11. The largest absolute Gasteiger partial charge is 0.493 e. The van der Waals surface area contributed by atoms with Crippen LogP contribution in [0.1, 0.15) is 40.4 Å². The van der Waals surface area contributed by atoms with Gasteiger partial charge in [0, 0.05) is 25.0 Å². The first kappa shape index (κ1) is 24.3. The van der Waals surface area contributed by atoms with Crippen molar-refractivity contribution in [1.82, 2.24) is 9.88 Å². The van der Waals surface area contributed by atoms with Crippen LogP contribution in [0.2, 0.25) is 0 Å². The highest BCUT2D eigenvalue weighted by molar-refractivity contribution is 6.12. The third kappa shape index (κ3) is 3.84. The number of pyridine rings is 1. The minimum absolute atomic E-state index is 0. The topological polar surface area (TPSA) is 81.1 Å². The van der Waals surface area contributed by atoms with Gasteiger partial charge in [-0.25, -0.2) is 4.79 Å². The van der Waals surface area contributed by atoms with E-state index in [1.807, 2.05) is 24.3 Å². The Labute approximate surface area is 215 Å². The number of ether oxygens (including phenoxy) is 3. The lowest BCUT2D eigenvalue weighted by Gasteiger charge is -2.37. The first-order valence-corrected chi connectivity index (χ1v) is 11.8. The Morgan fingerprint density at radius 1 is 1.03 bits per heavy atom. The van der Waals surface area contributed by atoms with Crippen molar-refractivity contribution in [3.8, 4) is 17.2 Å². The zero-order valence-corrected chi connectivity index (χ0v) is 20.9. The highest BCUT2D eigenvalue weighted by Gasteiger charge is 2.39. The van der Waals surface area contributed by atoms with Crippen molar-refractivity contribution >= 4 is 39.9 Å². The van der Waals surface area contributed by atoms with E-state index in [1.54, 1.807) is 38.6 Å². The van der Waals surface area contributed by atoms with Crippen molar-refractivity contribution < 1.29 is 24.1 Å². The summed E-state index contributed by atoms with van der Waals surface area (Å²) in [6.45, 7) is 1.76. The first-order chi connectivity index (χ1) is 17.1. The standard InChI is InChI=1S/C28H26N2O5.ClH/c1-33-24-12-20-19-11-17(35-28(32)16-5-3-9-29-14-16)7-8-18(19)26-22(21(20)13-25(24)34-2)15-30-10-4-6-23(30)27(26)31;/h3,5,7-9,11-14,23,27,31H,4,6,10,15H2,1-2H3;1H/t23-,27+;/m0./s1. The first-order valence-electron chi connectivity index (χ1n) is 11.8. The van der Waals surface area contributed by atoms with Crippen LogP contribution in [0.5, 0.6) is 17.2 Å². The van der Waals surface area contributed by atoms with Crippen LogP contribution in [0.25, 0.3) is 21.5 Å². The van der Waals surface area contributed by atoms with Crippen LogP contribution in [0.4, 0.5) is 0 Å². The van der Waals surface area contributed by atoms with Gasteiger partial charge in [-0.2, -0.15) is 0 Å². The number of hydrogen-bond acceptors (Lipinski definition) is 7. The fourth-order valence-corrected chi connectivity index (χ4v) is 5.66. The maximum absolute atomic E-state index is 12.7. The number of aliphatic hydroxyl groups excluding tert-OH is 1. The molecule has 0 amide bonds. The SMILES string of the molecule is COc1cc2c3c(c4ccc(OC(=O)c5cccnc5)cc4c2cc1OC)[C@H](O)[C@@H]1CCCN1C3.Cl. The lowest BCUT2D eigenvalue weighted by molar-refractivity contribution is 0.0552. The second kappa shape index (κ2) is 9.58. The normalized spacial score (nSPS) is 18.9. The van der Waals surface area contributed by atoms with E-state index >= 15 is 0 Å². The third-order valence-corrected chi connectivity index (χ3v) is 7.29. The summed E-state index contributed by atoms with van der Waals surface area (Å²) in [5.74, 6) is 1.21. The number of aromatic nitrogens is 1. The maximum Gasteiger partial charge on any atom is 0.345 e. The van der Waals surface area contributed by atoms with Gasteiger partial charge in [0.15, 0.2) is 11.5 Å². The van der Waals surface area contributed by atoms with E-state index < -0.39 is 12.1 Å². The van der Waals surface area contributed by atoms with Gasteiger partial charge in [0.25, 0.3) is 0 Å². The number of methoxy groups -OCH3 is 2. The Bertz CT molecular complexity index is 1460. The Hall–Kier alpha value is -3.39. The monoisotopic (exact) mass is 506 g/mol. The number of fused-ring (bicyclic) bond motifs is 7. The number of carbonyl (C=O) groups is 1. The number of halogens is 1. The van der Waals surface area contributed by atoms with Crippen molar-refractivity contribution in [2.24, 2.45) is 0 Å². The van der Waals surface area contributed by atoms with Crippen LogP contribution < -0.4 is 14.2 Å². The molecule has 0 bridgehead atoms. The van der Waals surface area contributed by atoms with Gasteiger partial charge in [-0.15, -0.1) is 12.4 Å². The van der Waals surface area contributed by atoms with Gasteiger partial charge in [-0.05, 0) is 88.5 Å². The number of esters is 1. The van der Waals surface area contributed by atoms with Crippen LogP contribution >= 0.6 is 12.4 Å². The number of rotatable bonds is 4. The fraction of sp³-hybridized carbons (Fsp3) is 0.286. The van der Waals surface area contributed by atoms with E-state index in [0.29, 0.717) is 22.8 Å². The zero-order chi connectivity index (χ0) is 24.1. The lowest BCUT2D eigenvalue weighted by Crippen LogP contribution is -2.39. The molecule has 0 saturated carbocycles. The van der Waals surface area contributed by atoms with Crippen LogP contribution in [0.3, 0.4) is 0 Å². The van der Waals surface area contributed by atoms with Gasteiger partial charge in [-0.3, -0.25) is 9.88 Å². The maximum atomic E-state index is 12.7. The molecule has 1 saturated heterocycles. The predicted octanol–water partition coefficient (Wildman–Crippen LogP) is 5.06. The summed E-state index contributed by atoms with van der Waals surface area (Å²) in [5, 5.41) is 15.3. The summed E-state index contributed by atoms with van der Waals surface area (Å²) in [5.41, 5.74) is 2.44. The molecule has 2 aliphatic rings. The average Bonchev–Trinajstić information content (AvgIpc) is 3.37. The van der Waals surface area contributed by atoms with Crippen LogP contribution in [0, 0.1) is 0 Å². The van der Waals surface area contributed by atoms with E-state index in [0.717, 1.165) is 58.6 Å². The summed E-state index contributed by atoms with van der Waals surface area (Å²) < 4.78 is 16.9. The molecule has 3 aromatic carbocycles. The van der Waals surface area contributed by atoms with Gasteiger partial charge in [-0.1, -0.05) is 6.07 Å². The van der Waals surface area contributed by atoms with Crippen molar-refractivity contribution in [1.29, 1.82) is 0 Å². The van der Waals surface area contributed by atoms with Gasteiger partial charge in [0.05, 0.1) is 25.9 Å². The Morgan fingerprint density at radius 3 is 2.50 bits per heavy atom. The third-order valence-electron chi connectivity index (χ3n) is 7.29. The number of nitrogens with zero attached hydrogens (tertiary/aromatic N) is 2. The highest BCUT2D eigenvalue weighted by Crippen LogP contribution is 2.47. The second-order valence-electron chi connectivity index (χ2n) is 9.11. The Kier molecular flexibility index (Phi) is 6.47. The molecular formula is C28H27ClN2O5. The van der Waals surface area contributed by atoms with Crippen molar-refractivity contribution in [2.45, 2.75) is 31.5 Å². The Balaban J connectivity index is 0.00000267. The van der Waals surface area contributed by atoms with E-state index in [4.69, 9.17) is 14.2 Å². The van der Waals surface area contributed by atoms with Gasteiger partial charge < -0.3 is 19.3 Å². The molecule has 7 nitrogen and oxygen atoms in total. The van der Waals surface area contributed by atoms with Gasteiger partial charge >= 0.3 is 5.97 Å². The highest BCUT2D eigenvalue weighted by atomic mass is 35.5. The predicted molar refractivity (Wildman–Crippen MR) is 139 cm³/mol. The smallest absolute Gasteiger partial charge is 0.345 e. The summed E-state index contributed by atoms with van der Waals surface area (Å²) >= 11 is 0. The molecule has 1 fully saturated rings. The molecule has 1 aromatic heterocycles. The minimum atomic E-state index is -0.593.